The van der Waals surface area contributed by atoms with E-state index in [-0.39, 0.29) is 29.5 Å². The van der Waals surface area contributed by atoms with Crippen LogP contribution in [0.5, 0.6) is 0 Å². The van der Waals surface area contributed by atoms with Gasteiger partial charge >= 0.3 is 0 Å². The molecule has 1 aliphatic heterocycles. The summed E-state index contributed by atoms with van der Waals surface area (Å²) >= 11 is 0. The maximum Gasteiger partial charge on any atom is 0.291 e. The molecule has 1 aromatic heterocycles. The van der Waals surface area contributed by atoms with Crippen molar-refractivity contribution in [3.63, 3.8) is 0 Å². The summed E-state index contributed by atoms with van der Waals surface area (Å²) < 4.78 is 24.1. The number of benzene rings is 2. The van der Waals surface area contributed by atoms with Crippen LogP contribution in [0.3, 0.4) is 0 Å². The van der Waals surface area contributed by atoms with Crippen LogP contribution in [0.2, 0.25) is 0 Å². The molecule has 1 unspecified atom stereocenters. The van der Waals surface area contributed by atoms with Crippen molar-refractivity contribution in [3.05, 3.63) is 89.1 Å². The third-order valence-corrected chi connectivity index (χ3v) is 5.07. The van der Waals surface area contributed by atoms with Gasteiger partial charge in [0, 0.05) is 17.8 Å². The predicted molar refractivity (Wildman–Crippen MR) is 109 cm³/mol. The summed E-state index contributed by atoms with van der Waals surface area (Å²) in [5.74, 6) is -0.651. The smallest absolute Gasteiger partial charge is 0.291 e. The molecule has 0 aliphatic carbocycles. The van der Waals surface area contributed by atoms with Gasteiger partial charge in [0.15, 0.2) is 5.76 Å². The van der Waals surface area contributed by atoms with E-state index in [9.17, 15) is 14.0 Å². The van der Waals surface area contributed by atoms with Gasteiger partial charge in [-0.1, -0.05) is 18.2 Å². The van der Waals surface area contributed by atoms with E-state index >= 15 is 0 Å². The number of nitrogens with zero attached hydrogens (tertiary/aromatic N) is 1. The summed E-state index contributed by atoms with van der Waals surface area (Å²) in [6.07, 6.45) is 1.12. The maximum absolute atomic E-state index is 13.2. The number of amides is 2. The minimum atomic E-state index is -0.379. The molecule has 2 aromatic carbocycles. The fourth-order valence-electron chi connectivity index (χ4n) is 3.38. The molecule has 6 nitrogen and oxygen atoms in total. The van der Waals surface area contributed by atoms with Crippen LogP contribution < -0.4 is 5.32 Å². The van der Waals surface area contributed by atoms with E-state index < -0.39 is 0 Å². The van der Waals surface area contributed by atoms with E-state index in [2.05, 4.69) is 5.32 Å². The first-order valence-electron chi connectivity index (χ1n) is 9.63. The summed E-state index contributed by atoms with van der Waals surface area (Å²) in [7, 11) is 0. The molecule has 1 aliphatic rings. The average Bonchev–Trinajstić information content (AvgIpc) is 3.30. The molecule has 0 spiro atoms. The van der Waals surface area contributed by atoms with Crippen LogP contribution in [0.25, 0.3) is 0 Å². The fourth-order valence-corrected chi connectivity index (χ4v) is 3.38. The van der Waals surface area contributed by atoms with E-state index in [1.165, 1.54) is 18.4 Å². The zero-order chi connectivity index (χ0) is 21.1. The number of morpholine rings is 1. The van der Waals surface area contributed by atoms with Crippen LogP contribution in [0.1, 0.15) is 38.1 Å². The van der Waals surface area contributed by atoms with E-state index in [0.717, 1.165) is 11.1 Å². The lowest BCUT2D eigenvalue weighted by Crippen LogP contribution is -2.42. The highest BCUT2D eigenvalue weighted by Gasteiger charge is 2.26. The zero-order valence-corrected chi connectivity index (χ0v) is 16.4. The van der Waals surface area contributed by atoms with Crippen LogP contribution in [0.4, 0.5) is 10.1 Å². The highest BCUT2D eigenvalue weighted by atomic mass is 19.1. The number of hydrogen-bond donors (Lipinski definition) is 1. The molecule has 1 fully saturated rings. The Morgan fingerprint density at radius 2 is 1.93 bits per heavy atom. The number of anilines is 1. The van der Waals surface area contributed by atoms with Gasteiger partial charge in [-0.15, -0.1) is 0 Å². The number of halogens is 1. The molecule has 0 bridgehead atoms. The fraction of sp³-hybridized carbons (Fsp3) is 0.217. The number of rotatable bonds is 4. The van der Waals surface area contributed by atoms with Gasteiger partial charge in [0.25, 0.3) is 11.8 Å². The molecule has 2 amide bonds. The van der Waals surface area contributed by atoms with Crippen LogP contribution in [0, 0.1) is 12.7 Å². The van der Waals surface area contributed by atoms with Crippen LogP contribution >= 0.6 is 0 Å². The number of carbonyl (C=O) groups excluding carboxylic acids is 2. The third-order valence-electron chi connectivity index (χ3n) is 5.07. The highest BCUT2D eigenvalue weighted by molar-refractivity contribution is 6.04. The van der Waals surface area contributed by atoms with Crippen molar-refractivity contribution in [3.8, 4) is 0 Å². The topological polar surface area (TPSA) is 71.8 Å². The number of hydrogen-bond acceptors (Lipinski definition) is 4. The first-order chi connectivity index (χ1) is 14.5. The van der Waals surface area contributed by atoms with Crippen LogP contribution in [-0.4, -0.2) is 36.4 Å². The van der Waals surface area contributed by atoms with Gasteiger partial charge < -0.3 is 19.4 Å². The van der Waals surface area contributed by atoms with E-state index in [1.807, 2.05) is 6.92 Å². The Morgan fingerprint density at radius 3 is 2.67 bits per heavy atom. The minimum absolute atomic E-state index is 0.154. The Bertz CT molecular complexity index is 1050. The molecule has 1 N–H and O–H groups in total. The summed E-state index contributed by atoms with van der Waals surface area (Å²) in [5, 5.41) is 2.79. The van der Waals surface area contributed by atoms with Gasteiger partial charge in [-0.3, -0.25) is 9.59 Å². The molecule has 1 saturated heterocycles. The number of nitrogens with one attached hydrogen (secondary N) is 1. The first-order valence-corrected chi connectivity index (χ1v) is 9.63. The quantitative estimate of drug-likeness (QED) is 0.703. The Kier molecular flexibility index (Phi) is 5.63. The van der Waals surface area contributed by atoms with Gasteiger partial charge in [-0.2, -0.15) is 0 Å². The Hall–Kier alpha value is -3.45. The highest BCUT2D eigenvalue weighted by Crippen LogP contribution is 2.25. The summed E-state index contributed by atoms with van der Waals surface area (Å²) in [5.41, 5.74) is 2.67. The second-order valence-electron chi connectivity index (χ2n) is 7.12. The molecule has 3 aromatic rings. The van der Waals surface area contributed by atoms with Crippen molar-refractivity contribution >= 4 is 17.5 Å². The molecule has 1 atom stereocenters. The normalized spacial score (nSPS) is 16.3. The second kappa shape index (κ2) is 8.51. The summed E-state index contributed by atoms with van der Waals surface area (Å²) in [6, 6.07) is 14.5. The predicted octanol–water partition coefficient (Wildman–Crippen LogP) is 4.19. The summed E-state index contributed by atoms with van der Waals surface area (Å²) in [4.78, 5) is 27.1. The average molecular weight is 408 g/mol. The molecule has 7 heteroatoms. The lowest BCUT2D eigenvalue weighted by molar-refractivity contribution is -0.0228. The van der Waals surface area contributed by atoms with E-state index in [0.29, 0.717) is 30.9 Å². The zero-order valence-electron chi connectivity index (χ0n) is 16.4. The molecule has 0 radical (unpaired) electrons. The number of ether oxygens (including phenoxy) is 1. The molecule has 0 saturated carbocycles. The lowest BCUT2D eigenvalue weighted by Gasteiger charge is -2.33. The van der Waals surface area contributed by atoms with E-state index in [1.54, 1.807) is 47.4 Å². The lowest BCUT2D eigenvalue weighted by atomic mass is 10.1. The number of carbonyl (C=O) groups is 2. The number of aryl methyl sites for hydroxylation is 1. The van der Waals surface area contributed by atoms with Crippen LogP contribution in [0.15, 0.2) is 65.3 Å². The van der Waals surface area contributed by atoms with E-state index in [4.69, 9.17) is 9.15 Å². The van der Waals surface area contributed by atoms with Gasteiger partial charge in [0.1, 0.15) is 11.9 Å². The molecular formula is C23H21FN2O4. The van der Waals surface area contributed by atoms with Gasteiger partial charge in [0.05, 0.1) is 19.4 Å². The van der Waals surface area contributed by atoms with Crippen molar-refractivity contribution in [1.29, 1.82) is 0 Å². The molecule has 30 heavy (non-hydrogen) atoms. The van der Waals surface area contributed by atoms with Crippen molar-refractivity contribution in [2.45, 2.75) is 13.0 Å². The van der Waals surface area contributed by atoms with Crippen molar-refractivity contribution < 1.29 is 23.1 Å². The Morgan fingerprint density at radius 1 is 1.13 bits per heavy atom. The van der Waals surface area contributed by atoms with Gasteiger partial charge in [-0.25, -0.2) is 4.39 Å². The first kappa shape index (κ1) is 19.8. The van der Waals surface area contributed by atoms with Gasteiger partial charge in [0.2, 0.25) is 0 Å². The SMILES string of the molecule is Cc1ccc(C(=O)N2CCOC(c3ccc(F)cc3)C2)cc1NC(=O)c1ccco1. The van der Waals surface area contributed by atoms with Gasteiger partial charge in [-0.05, 0) is 54.4 Å². The standard InChI is InChI=1S/C23H21FN2O4/c1-15-4-5-17(13-19(15)25-22(27)20-3-2-11-29-20)23(28)26-10-12-30-21(14-26)16-6-8-18(24)9-7-16/h2-9,11,13,21H,10,12,14H2,1H3,(H,25,27). The second-order valence-corrected chi connectivity index (χ2v) is 7.12. The molecule has 154 valence electrons. The van der Waals surface area contributed by atoms with Crippen molar-refractivity contribution in [2.24, 2.45) is 0 Å². The maximum atomic E-state index is 13.2. The molecule has 2 heterocycles. The largest absolute Gasteiger partial charge is 0.459 e. The minimum Gasteiger partial charge on any atom is -0.459 e. The molecular weight excluding hydrogens is 387 g/mol. The van der Waals surface area contributed by atoms with Crippen molar-refractivity contribution in [2.75, 3.05) is 25.0 Å². The Labute approximate surface area is 173 Å². The third kappa shape index (κ3) is 4.26. The number of furan rings is 1. The Balaban J connectivity index is 1.50. The monoisotopic (exact) mass is 408 g/mol. The molecule has 4 rings (SSSR count). The van der Waals surface area contributed by atoms with Crippen LogP contribution in [-0.2, 0) is 4.74 Å². The van der Waals surface area contributed by atoms with Crippen molar-refractivity contribution in [1.82, 2.24) is 4.90 Å². The summed E-state index contributed by atoms with van der Waals surface area (Å²) in [6.45, 7) is 3.07.